The number of hydrogen-bond acceptors (Lipinski definition) is 4. The number of benzene rings is 1. The van der Waals surface area contributed by atoms with Crippen LogP contribution in [0.2, 0.25) is 0 Å². The molecule has 6 nitrogen and oxygen atoms in total. The summed E-state index contributed by atoms with van der Waals surface area (Å²) >= 11 is 0. The molecule has 0 aromatic heterocycles. The SMILES string of the molecule is COCCCNC(=O)C1C2C(=O)N(Cc3ccccc3)CC23C=CC1(C)O3. The molecule has 0 aliphatic carbocycles. The van der Waals surface area contributed by atoms with Crippen molar-refractivity contribution in [2.24, 2.45) is 11.8 Å². The third-order valence-corrected chi connectivity index (χ3v) is 5.92. The molecule has 144 valence electrons. The van der Waals surface area contributed by atoms with Crippen molar-refractivity contribution in [3.63, 3.8) is 0 Å². The molecule has 27 heavy (non-hydrogen) atoms. The molecule has 1 aromatic carbocycles. The lowest BCUT2D eigenvalue weighted by molar-refractivity contribution is -0.139. The quantitative estimate of drug-likeness (QED) is 0.584. The van der Waals surface area contributed by atoms with Crippen molar-refractivity contribution >= 4 is 11.8 Å². The lowest BCUT2D eigenvalue weighted by Gasteiger charge is -2.29. The predicted molar refractivity (Wildman–Crippen MR) is 99.7 cm³/mol. The number of rotatable bonds is 7. The first-order valence-corrected chi connectivity index (χ1v) is 9.49. The van der Waals surface area contributed by atoms with E-state index in [0.717, 1.165) is 12.0 Å². The average molecular weight is 370 g/mol. The summed E-state index contributed by atoms with van der Waals surface area (Å²) in [5.41, 5.74) is -0.327. The highest BCUT2D eigenvalue weighted by molar-refractivity contribution is 5.93. The number of hydrogen-bond donors (Lipinski definition) is 1. The molecule has 2 saturated heterocycles. The van der Waals surface area contributed by atoms with Gasteiger partial charge in [-0.2, -0.15) is 0 Å². The highest BCUT2D eigenvalue weighted by Gasteiger charge is 2.70. The molecule has 4 atom stereocenters. The number of amides is 2. The summed E-state index contributed by atoms with van der Waals surface area (Å²) in [6.07, 6.45) is 4.70. The lowest BCUT2D eigenvalue weighted by Crippen LogP contribution is -2.48. The molecule has 3 aliphatic heterocycles. The maximum absolute atomic E-state index is 13.2. The Morgan fingerprint density at radius 2 is 2.11 bits per heavy atom. The van der Waals surface area contributed by atoms with Gasteiger partial charge in [0.15, 0.2) is 0 Å². The van der Waals surface area contributed by atoms with Crippen molar-refractivity contribution in [1.29, 1.82) is 0 Å². The van der Waals surface area contributed by atoms with Crippen LogP contribution >= 0.6 is 0 Å². The number of likely N-dealkylation sites (tertiary alicyclic amines) is 1. The maximum Gasteiger partial charge on any atom is 0.230 e. The van der Waals surface area contributed by atoms with Gasteiger partial charge in [0.05, 0.1) is 24.0 Å². The molecular weight excluding hydrogens is 344 g/mol. The van der Waals surface area contributed by atoms with E-state index in [0.29, 0.717) is 26.2 Å². The number of carbonyl (C=O) groups is 2. The van der Waals surface area contributed by atoms with Crippen molar-refractivity contribution < 1.29 is 19.1 Å². The molecule has 3 aliphatic rings. The average Bonchev–Trinajstić information content (AvgIpc) is 3.22. The van der Waals surface area contributed by atoms with Gasteiger partial charge < -0.3 is 19.7 Å². The van der Waals surface area contributed by atoms with Crippen LogP contribution in [0.25, 0.3) is 0 Å². The van der Waals surface area contributed by atoms with Gasteiger partial charge in [0.2, 0.25) is 11.8 Å². The minimum atomic E-state index is -0.718. The molecule has 2 amide bonds. The normalized spacial score (nSPS) is 33.6. The zero-order chi connectivity index (χ0) is 19.1. The number of nitrogens with zero attached hydrogens (tertiary/aromatic N) is 1. The highest BCUT2D eigenvalue weighted by Crippen LogP contribution is 2.57. The fraction of sp³-hybridized carbons (Fsp3) is 0.524. The first-order valence-electron chi connectivity index (χ1n) is 9.49. The van der Waals surface area contributed by atoms with E-state index in [1.165, 1.54) is 0 Å². The Kier molecular flexibility index (Phi) is 4.56. The van der Waals surface area contributed by atoms with E-state index in [1.807, 2.05) is 54.3 Å². The molecular formula is C21H26N2O4. The van der Waals surface area contributed by atoms with Gasteiger partial charge in [-0.25, -0.2) is 0 Å². The molecule has 4 unspecified atom stereocenters. The van der Waals surface area contributed by atoms with Crippen LogP contribution in [-0.4, -0.2) is 54.7 Å². The Morgan fingerprint density at radius 3 is 2.85 bits per heavy atom. The van der Waals surface area contributed by atoms with Gasteiger partial charge in [-0.05, 0) is 18.9 Å². The fourth-order valence-electron chi connectivity index (χ4n) is 4.73. The largest absolute Gasteiger partial charge is 0.385 e. The van der Waals surface area contributed by atoms with Crippen LogP contribution in [0.5, 0.6) is 0 Å². The summed E-state index contributed by atoms with van der Waals surface area (Å²) in [5, 5.41) is 2.96. The zero-order valence-corrected chi connectivity index (χ0v) is 15.8. The Morgan fingerprint density at radius 1 is 1.33 bits per heavy atom. The van der Waals surface area contributed by atoms with Crippen LogP contribution in [0.1, 0.15) is 18.9 Å². The minimum Gasteiger partial charge on any atom is -0.385 e. The Balaban J connectivity index is 1.52. The van der Waals surface area contributed by atoms with Crippen molar-refractivity contribution in [1.82, 2.24) is 10.2 Å². The van der Waals surface area contributed by atoms with E-state index < -0.39 is 23.0 Å². The van der Waals surface area contributed by atoms with Crippen LogP contribution < -0.4 is 5.32 Å². The fourth-order valence-corrected chi connectivity index (χ4v) is 4.73. The summed E-state index contributed by atoms with van der Waals surface area (Å²) in [4.78, 5) is 28.0. The van der Waals surface area contributed by atoms with E-state index in [1.54, 1.807) is 7.11 Å². The monoisotopic (exact) mass is 370 g/mol. The van der Waals surface area contributed by atoms with E-state index in [9.17, 15) is 9.59 Å². The molecule has 1 N–H and O–H groups in total. The summed E-state index contributed by atoms with van der Waals surface area (Å²) in [7, 11) is 1.64. The van der Waals surface area contributed by atoms with Gasteiger partial charge in [0.25, 0.3) is 0 Å². The molecule has 1 spiro atoms. The van der Waals surface area contributed by atoms with E-state index in [2.05, 4.69) is 5.32 Å². The van der Waals surface area contributed by atoms with Gasteiger partial charge in [0, 0.05) is 26.8 Å². The maximum atomic E-state index is 13.2. The Hall–Kier alpha value is -2.18. The number of carbonyl (C=O) groups excluding carboxylic acids is 2. The van der Waals surface area contributed by atoms with E-state index >= 15 is 0 Å². The number of fused-ring (bicyclic) bond motifs is 1. The number of nitrogens with one attached hydrogen (secondary N) is 1. The minimum absolute atomic E-state index is 0.00368. The lowest BCUT2D eigenvalue weighted by atomic mass is 9.72. The van der Waals surface area contributed by atoms with Gasteiger partial charge in [0.1, 0.15) is 5.60 Å². The van der Waals surface area contributed by atoms with Crippen molar-refractivity contribution in [3.05, 3.63) is 48.0 Å². The first-order chi connectivity index (χ1) is 13.0. The van der Waals surface area contributed by atoms with Crippen LogP contribution in [0, 0.1) is 11.8 Å². The summed E-state index contributed by atoms with van der Waals surface area (Å²) in [6, 6.07) is 9.91. The Labute approximate surface area is 159 Å². The van der Waals surface area contributed by atoms with Gasteiger partial charge in [-0.15, -0.1) is 0 Å². The van der Waals surface area contributed by atoms with Crippen molar-refractivity contribution in [2.75, 3.05) is 26.8 Å². The summed E-state index contributed by atoms with van der Waals surface area (Å²) in [5.74, 6) is -1.07. The second-order valence-electron chi connectivity index (χ2n) is 7.85. The van der Waals surface area contributed by atoms with Gasteiger partial charge in [-0.1, -0.05) is 42.5 Å². The van der Waals surface area contributed by atoms with Crippen molar-refractivity contribution in [2.45, 2.75) is 31.1 Å². The molecule has 0 radical (unpaired) electrons. The van der Waals surface area contributed by atoms with E-state index in [-0.39, 0.29) is 11.8 Å². The smallest absolute Gasteiger partial charge is 0.230 e. The standard InChI is InChI=1S/C21H26N2O4/c1-20-9-10-21(27-20)14-23(13-15-7-4-3-5-8-15)19(25)17(21)16(20)18(24)22-11-6-12-26-2/h3-5,7-10,16-17H,6,11-14H2,1-2H3,(H,22,24). The molecule has 2 bridgehead atoms. The second-order valence-corrected chi connectivity index (χ2v) is 7.85. The second kappa shape index (κ2) is 6.77. The van der Waals surface area contributed by atoms with Crippen molar-refractivity contribution in [3.8, 4) is 0 Å². The predicted octanol–water partition coefficient (Wildman–Crippen LogP) is 1.51. The number of ether oxygens (including phenoxy) is 2. The molecule has 3 heterocycles. The molecule has 6 heteroatoms. The summed E-state index contributed by atoms with van der Waals surface area (Å²) in [6.45, 7) is 4.06. The van der Waals surface area contributed by atoms with Crippen LogP contribution in [0.4, 0.5) is 0 Å². The van der Waals surface area contributed by atoms with Crippen LogP contribution in [0.3, 0.4) is 0 Å². The zero-order valence-electron chi connectivity index (χ0n) is 15.8. The van der Waals surface area contributed by atoms with Gasteiger partial charge in [-0.3, -0.25) is 9.59 Å². The highest BCUT2D eigenvalue weighted by atomic mass is 16.5. The topological polar surface area (TPSA) is 67.9 Å². The summed E-state index contributed by atoms with van der Waals surface area (Å²) < 4.78 is 11.3. The third kappa shape index (κ3) is 2.97. The molecule has 0 saturated carbocycles. The Bertz CT molecular complexity index is 765. The molecule has 4 rings (SSSR count). The van der Waals surface area contributed by atoms with Gasteiger partial charge >= 0.3 is 0 Å². The number of methoxy groups -OCH3 is 1. The van der Waals surface area contributed by atoms with E-state index in [4.69, 9.17) is 9.47 Å². The molecule has 1 aromatic rings. The molecule has 2 fully saturated rings. The van der Waals surface area contributed by atoms with Crippen LogP contribution in [-0.2, 0) is 25.6 Å². The third-order valence-electron chi connectivity index (χ3n) is 5.92. The first kappa shape index (κ1) is 18.2. The van der Waals surface area contributed by atoms with Crippen LogP contribution in [0.15, 0.2) is 42.5 Å².